The SMILES string of the molecule is NC(=O)CN(CC(=O)O)C(=O)c1ccnc(Br)c1. The van der Waals surface area contributed by atoms with Crippen LogP contribution in [0.25, 0.3) is 0 Å². The lowest BCUT2D eigenvalue weighted by Crippen LogP contribution is -2.41. The third-order valence-electron chi connectivity index (χ3n) is 1.93. The maximum Gasteiger partial charge on any atom is 0.323 e. The minimum absolute atomic E-state index is 0.222. The second-order valence-electron chi connectivity index (χ2n) is 3.39. The van der Waals surface area contributed by atoms with Crippen molar-refractivity contribution in [2.24, 2.45) is 5.73 Å². The molecule has 0 aliphatic rings. The highest BCUT2D eigenvalue weighted by atomic mass is 79.9. The fourth-order valence-electron chi connectivity index (χ4n) is 1.27. The number of pyridine rings is 1. The quantitative estimate of drug-likeness (QED) is 0.734. The molecule has 0 saturated heterocycles. The van der Waals surface area contributed by atoms with Crippen LogP contribution in [0.3, 0.4) is 0 Å². The lowest BCUT2D eigenvalue weighted by atomic mass is 10.2. The highest BCUT2D eigenvalue weighted by Gasteiger charge is 2.20. The van der Waals surface area contributed by atoms with Crippen molar-refractivity contribution in [3.63, 3.8) is 0 Å². The lowest BCUT2D eigenvalue weighted by Gasteiger charge is -2.18. The maximum atomic E-state index is 12.0. The van der Waals surface area contributed by atoms with E-state index in [1.54, 1.807) is 0 Å². The number of halogens is 1. The molecule has 0 bridgehead atoms. The first-order chi connectivity index (χ1) is 8.40. The summed E-state index contributed by atoms with van der Waals surface area (Å²) in [6, 6.07) is 2.85. The number of hydrogen-bond donors (Lipinski definition) is 2. The predicted octanol–water partition coefficient (Wildman–Crippen LogP) is -0.144. The Morgan fingerprint density at radius 3 is 2.56 bits per heavy atom. The van der Waals surface area contributed by atoms with Crippen molar-refractivity contribution in [3.05, 3.63) is 28.5 Å². The van der Waals surface area contributed by atoms with E-state index in [9.17, 15) is 14.4 Å². The van der Waals surface area contributed by atoms with Crippen LogP contribution in [0.2, 0.25) is 0 Å². The molecule has 96 valence electrons. The Hall–Kier alpha value is -1.96. The summed E-state index contributed by atoms with van der Waals surface area (Å²) in [6.07, 6.45) is 1.39. The molecular weight excluding hydrogens is 306 g/mol. The molecule has 1 rings (SSSR count). The number of amides is 2. The number of aliphatic carboxylic acids is 1. The van der Waals surface area contributed by atoms with E-state index in [2.05, 4.69) is 20.9 Å². The van der Waals surface area contributed by atoms with E-state index < -0.39 is 30.9 Å². The summed E-state index contributed by atoms with van der Waals surface area (Å²) in [5.74, 6) is -2.60. The van der Waals surface area contributed by atoms with Crippen LogP contribution in [0.15, 0.2) is 22.9 Å². The Labute approximate surface area is 111 Å². The van der Waals surface area contributed by atoms with Gasteiger partial charge >= 0.3 is 5.97 Å². The molecular formula is C10H10BrN3O4. The number of nitrogens with zero attached hydrogens (tertiary/aromatic N) is 2. The van der Waals surface area contributed by atoms with E-state index >= 15 is 0 Å². The molecule has 0 radical (unpaired) electrons. The highest BCUT2D eigenvalue weighted by molar-refractivity contribution is 9.10. The summed E-state index contributed by atoms with van der Waals surface area (Å²) >= 11 is 3.09. The van der Waals surface area contributed by atoms with Gasteiger partial charge in [0.2, 0.25) is 5.91 Å². The molecule has 0 aliphatic heterocycles. The van der Waals surface area contributed by atoms with Gasteiger partial charge in [-0.25, -0.2) is 4.98 Å². The summed E-state index contributed by atoms with van der Waals surface area (Å²) in [6.45, 7) is -1.05. The molecule has 3 N–H and O–H groups in total. The molecule has 1 aromatic heterocycles. The van der Waals surface area contributed by atoms with Gasteiger partial charge in [-0.3, -0.25) is 14.4 Å². The molecule has 0 spiro atoms. The van der Waals surface area contributed by atoms with Gasteiger partial charge in [0, 0.05) is 11.8 Å². The third kappa shape index (κ3) is 4.13. The largest absolute Gasteiger partial charge is 0.480 e. The zero-order valence-electron chi connectivity index (χ0n) is 9.17. The van der Waals surface area contributed by atoms with E-state index in [1.165, 1.54) is 18.3 Å². The van der Waals surface area contributed by atoms with Crippen molar-refractivity contribution < 1.29 is 19.5 Å². The Morgan fingerprint density at radius 2 is 2.06 bits per heavy atom. The highest BCUT2D eigenvalue weighted by Crippen LogP contribution is 2.10. The first-order valence-corrected chi connectivity index (χ1v) is 5.60. The van der Waals surface area contributed by atoms with Crippen LogP contribution in [-0.2, 0) is 9.59 Å². The summed E-state index contributed by atoms with van der Waals surface area (Å²) in [5.41, 5.74) is 5.19. The number of carbonyl (C=O) groups excluding carboxylic acids is 2. The molecule has 0 aromatic carbocycles. The number of carboxylic acids is 1. The molecule has 0 atom stereocenters. The third-order valence-corrected chi connectivity index (χ3v) is 2.37. The topological polar surface area (TPSA) is 114 Å². The molecule has 2 amide bonds. The molecule has 0 unspecified atom stereocenters. The molecule has 8 heteroatoms. The van der Waals surface area contributed by atoms with Crippen molar-refractivity contribution in [1.82, 2.24) is 9.88 Å². The normalized spacial score (nSPS) is 9.83. The molecule has 1 aromatic rings. The number of aromatic nitrogens is 1. The van der Waals surface area contributed by atoms with Gasteiger partial charge in [0.15, 0.2) is 0 Å². The minimum Gasteiger partial charge on any atom is -0.480 e. The summed E-state index contributed by atoms with van der Waals surface area (Å²) in [4.78, 5) is 38.1. The van der Waals surface area contributed by atoms with Crippen LogP contribution in [0.4, 0.5) is 0 Å². The van der Waals surface area contributed by atoms with Crippen molar-refractivity contribution in [2.75, 3.05) is 13.1 Å². The van der Waals surface area contributed by atoms with Crippen LogP contribution >= 0.6 is 15.9 Å². The van der Waals surface area contributed by atoms with Gasteiger partial charge in [-0.15, -0.1) is 0 Å². The first kappa shape index (κ1) is 14.1. The number of primary amides is 1. The Balaban J connectivity index is 2.94. The monoisotopic (exact) mass is 315 g/mol. The number of carboxylic acid groups (broad SMARTS) is 1. The number of carbonyl (C=O) groups is 3. The minimum atomic E-state index is -1.22. The zero-order valence-corrected chi connectivity index (χ0v) is 10.8. The fourth-order valence-corrected chi connectivity index (χ4v) is 1.63. The smallest absolute Gasteiger partial charge is 0.323 e. The Kier molecular flexibility index (Phi) is 4.78. The lowest BCUT2D eigenvalue weighted by molar-refractivity contribution is -0.138. The van der Waals surface area contributed by atoms with E-state index in [-0.39, 0.29) is 5.56 Å². The molecule has 0 saturated carbocycles. The maximum absolute atomic E-state index is 12.0. The van der Waals surface area contributed by atoms with Crippen molar-refractivity contribution >= 4 is 33.7 Å². The van der Waals surface area contributed by atoms with Gasteiger partial charge < -0.3 is 15.7 Å². The van der Waals surface area contributed by atoms with Gasteiger partial charge in [-0.2, -0.15) is 0 Å². The van der Waals surface area contributed by atoms with E-state index in [1.807, 2.05) is 0 Å². The Morgan fingerprint density at radius 1 is 1.39 bits per heavy atom. The molecule has 1 heterocycles. The van der Waals surface area contributed by atoms with Crippen LogP contribution in [0.1, 0.15) is 10.4 Å². The predicted molar refractivity (Wildman–Crippen MR) is 64.7 cm³/mol. The van der Waals surface area contributed by atoms with Gasteiger partial charge in [-0.05, 0) is 28.1 Å². The second-order valence-corrected chi connectivity index (χ2v) is 4.20. The molecule has 18 heavy (non-hydrogen) atoms. The average molecular weight is 316 g/mol. The van der Waals surface area contributed by atoms with Crippen LogP contribution < -0.4 is 5.73 Å². The zero-order chi connectivity index (χ0) is 13.7. The number of hydrogen-bond acceptors (Lipinski definition) is 4. The molecule has 0 aliphatic carbocycles. The Bertz CT molecular complexity index is 476. The summed E-state index contributed by atoms with van der Waals surface area (Å²) in [7, 11) is 0. The number of rotatable bonds is 5. The first-order valence-electron chi connectivity index (χ1n) is 4.81. The number of nitrogens with two attached hydrogens (primary N) is 1. The van der Waals surface area contributed by atoms with Crippen molar-refractivity contribution in [1.29, 1.82) is 0 Å². The van der Waals surface area contributed by atoms with E-state index in [4.69, 9.17) is 10.8 Å². The second kappa shape index (κ2) is 6.10. The van der Waals surface area contributed by atoms with Gasteiger partial charge in [0.25, 0.3) is 5.91 Å². The van der Waals surface area contributed by atoms with Crippen LogP contribution in [0, 0.1) is 0 Å². The van der Waals surface area contributed by atoms with E-state index in [0.29, 0.717) is 4.60 Å². The standard InChI is InChI=1S/C10H10BrN3O4/c11-7-3-6(1-2-13-7)10(18)14(4-8(12)15)5-9(16)17/h1-3H,4-5H2,(H2,12,15)(H,16,17). The van der Waals surface area contributed by atoms with Crippen LogP contribution in [0.5, 0.6) is 0 Å². The summed E-state index contributed by atoms with van der Waals surface area (Å²) < 4.78 is 0.433. The van der Waals surface area contributed by atoms with Crippen LogP contribution in [-0.4, -0.2) is 45.9 Å². The average Bonchev–Trinajstić information content (AvgIpc) is 2.26. The summed E-state index contributed by atoms with van der Waals surface area (Å²) in [5, 5.41) is 8.68. The fraction of sp³-hybridized carbons (Fsp3) is 0.200. The van der Waals surface area contributed by atoms with Gasteiger partial charge in [-0.1, -0.05) is 0 Å². The van der Waals surface area contributed by atoms with Gasteiger partial charge in [0.05, 0.1) is 0 Å². The van der Waals surface area contributed by atoms with E-state index in [0.717, 1.165) is 4.90 Å². The molecule has 0 fully saturated rings. The van der Waals surface area contributed by atoms with Gasteiger partial charge in [0.1, 0.15) is 17.7 Å². The van der Waals surface area contributed by atoms with Crippen molar-refractivity contribution in [3.8, 4) is 0 Å². The van der Waals surface area contributed by atoms with Crippen molar-refractivity contribution in [2.45, 2.75) is 0 Å². The molecule has 7 nitrogen and oxygen atoms in total.